The lowest BCUT2D eigenvalue weighted by atomic mass is 10.1. The number of nitrogens with one attached hydrogen (secondary N) is 2. The average molecular weight is 252 g/mol. The molecule has 0 radical (unpaired) electrons. The Balaban J connectivity index is 2.62. The standard InChI is InChI=1S/C13H20N2OS/c1-13(2,3)15-12(17)14-11(9-16)10-7-5-4-6-8-10/h4-8,11,16H,9H2,1-3H3,(H2,14,15,17). The fourth-order valence-corrected chi connectivity index (χ4v) is 1.90. The van der Waals surface area contributed by atoms with Crippen LogP contribution >= 0.6 is 12.2 Å². The van der Waals surface area contributed by atoms with Gasteiger partial charge >= 0.3 is 0 Å². The zero-order valence-electron chi connectivity index (χ0n) is 10.5. The van der Waals surface area contributed by atoms with Gasteiger partial charge in [0.15, 0.2) is 5.11 Å². The van der Waals surface area contributed by atoms with E-state index in [2.05, 4.69) is 10.6 Å². The van der Waals surface area contributed by atoms with Crippen LogP contribution in [0.1, 0.15) is 32.4 Å². The van der Waals surface area contributed by atoms with Gasteiger partial charge in [-0.3, -0.25) is 0 Å². The minimum absolute atomic E-state index is 0.00990. The first-order valence-corrected chi connectivity index (χ1v) is 6.07. The molecule has 0 amide bonds. The molecule has 1 aromatic carbocycles. The molecule has 0 aliphatic rings. The number of benzene rings is 1. The number of hydrogen-bond acceptors (Lipinski definition) is 2. The molecule has 0 saturated carbocycles. The highest BCUT2D eigenvalue weighted by Crippen LogP contribution is 2.11. The zero-order chi connectivity index (χ0) is 12.9. The minimum atomic E-state index is -0.168. The average Bonchev–Trinajstić information content (AvgIpc) is 2.24. The van der Waals surface area contributed by atoms with Gasteiger partial charge in [-0.05, 0) is 38.6 Å². The monoisotopic (exact) mass is 252 g/mol. The van der Waals surface area contributed by atoms with E-state index in [1.54, 1.807) is 0 Å². The molecule has 0 bridgehead atoms. The van der Waals surface area contributed by atoms with Gasteiger partial charge in [-0.25, -0.2) is 0 Å². The third-order valence-electron chi connectivity index (χ3n) is 2.18. The molecule has 0 fully saturated rings. The van der Waals surface area contributed by atoms with E-state index in [-0.39, 0.29) is 18.2 Å². The molecule has 0 aliphatic heterocycles. The summed E-state index contributed by atoms with van der Waals surface area (Å²) in [6.07, 6.45) is 0. The fraction of sp³-hybridized carbons (Fsp3) is 0.462. The Labute approximate surface area is 108 Å². The number of aliphatic hydroxyl groups excluding tert-OH is 1. The fourth-order valence-electron chi connectivity index (χ4n) is 1.45. The maximum Gasteiger partial charge on any atom is 0.167 e. The highest BCUT2D eigenvalue weighted by Gasteiger charge is 2.15. The van der Waals surface area contributed by atoms with Crippen LogP contribution in [0.25, 0.3) is 0 Å². The van der Waals surface area contributed by atoms with Crippen LogP contribution in [0.15, 0.2) is 30.3 Å². The molecule has 0 spiro atoms. The topological polar surface area (TPSA) is 44.3 Å². The molecule has 94 valence electrons. The van der Waals surface area contributed by atoms with Gasteiger partial charge in [0, 0.05) is 5.54 Å². The predicted octanol–water partition coefficient (Wildman–Crippen LogP) is 1.98. The van der Waals surface area contributed by atoms with Gasteiger partial charge in [0.05, 0.1) is 12.6 Å². The van der Waals surface area contributed by atoms with Crippen LogP contribution in [-0.2, 0) is 0 Å². The second-order valence-electron chi connectivity index (χ2n) is 4.99. The Morgan fingerprint density at radius 2 is 1.88 bits per heavy atom. The predicted molar refractivity (Wildman–Crippen MR) is 74.9 cm³/mol. The van der Waals surface area contributed by atoms with Crippen molar-refractivity contribution >= 4 is 17.3 Å². The third-order valence-corrected chi connectivity index (χ3v) is 2.40. The third kappa shape index (κ3) is 5.15. The van der Waals surface area contributed by atoms with E-state index < -0.39 is 0 Å². The summed E-state index contributed by atoms with van der Waals surface area (Å²) in [6.45, 7) is 6.13. The molecule has 1 rings (SSSR count). The smallest absolute Gasteiger partial charge is 0.167 e. The molecule has 3 nitrogen and oxygen atoms in total. The molecule has 1 atom stereocenters. The summed E-state index contributed by atoms with van der Waals surface area (Å²) in [4.78, 5) is 0. The lowest BCUT2D eigenvalue weighted by molar-refractivity contribution is 0.257. The summed E-state index contributed by atoms with van der Waals surface area (Å²) in [6, 6.07) is 9.60. The van der Waals surface area contributed by atoms with Crippen molar-refractivity contribution in [2.75, 3.05) is 6.61 Å². The number of thiocarbonyl (C=S) groups is 1. The van der Waals surface area contributed by atoms with Gasteiger partial charge < -0.3 is 15.7 Å². The molecule has 1 unspecified atom stereocenters. The quantitative estimate of drug-likeness (QED) is 0.720. The summed E-state index contributed by atoms with van der Waals surface area (Å²) >= 11 is 5.21. The first-order chi connectivity index (χ1) is 7.92. The number of rotatable bonds is 3. The number of hydrogen-bond donors (Lipinski definition) is 3. The molecule has 1 aromatic rings. The molecular weight excluding hydrogens is 232 g/mol. The van der Waals surface area contributed by atoms with Crippen molar-refractivity contribution in [1.29, 1.82) is 0 Å². The Hall–Kier alpha value is -1.13. The number of aliphatic hydroxyl groups is 1. The summed E-state index contributed by atoms with van der Waals surface area (Å²) in [5.41, 5.74) is 0.939. The van der Waals surface area contributed by atoms with Crippen molar-refractivity contribution in [3.8, 4) is 0 Å². The van der Waals surface area contributed by atoms with Crippen LogP contribution in [0.4, 0.5) is 0 Å². The van der Waals surface area contributed by atoms with Gasteiger partial charge in [-0.1, -0.05) is 30.3 Å². The van der Waals surface area contributed by atoms with Gasteiger partial charge in [-0.2, -0.15) is 0 Å². The highest BCUT2D eigenvalue weighted by atomic mass is 32.1. The largest absolute Gasteiger partial charge is 0.394 e. The molecule has 0 aliphatic carbocycles. The van der Waals surface area contributed by atoms with Gasteiger partial charge in [-0.15, -0.1) is 0 Å². The van der Waals surface area contributed by atoms with E-state index >= 15 is 0 Å². The molecule has 0 aromatic heterocycles. The van der Waals surface area contributed by atoms with Crippen LogP contribution < -0.4 is 10.6 Å². The lowest BCUT2D eigenvalue weighted by Crippen LogP contribution is -2.47. The Kier molecular flexibility index (Phi) is 4.90. The van der Waals surface area contributed by atoms with Crippen molar-refractivity contribution in [3.63, 3.8) is 0 Å². The summed E-state index contributed by atoms with van der Waals surface area (Å²) < 4.78 is 0. The van der Waals surface area contributed by atoms with Crippen LogP contribution in [0.5, 0.6) is 0 Å². The zero-order valence-corrected chi connectivity index (χ0v) is 11.3. The SMILES string of the molecule is CC(C)(C)NC(=S)NC(CO)c1ccccc1. The maximum absolute atomic E-state index is 9.38. The maximum atomic E-state index is 9.38. The Bertz CT molecular complexity index is 359. The second-order valence-corrected chi connectivity index (χ2v) is 5.40. The molecule has 4 heteroatoms. The molecular formula is C13H20N2OS. The van der Waals surface area contributed by atoms with E-state index in [0.717, 1.165) is 5.56 Å². The molecule has 0 saturated heterocycles. The molecule has 17 heavy (non-hydrogen) atoms. The van der Waals surface area contributed by atoms with Gasteiger partial charge in [0.1, 0.15) is 0 Å². The van der Waals surface area contributed by atoms with Crippen molar-refractivity contribution in [1.82, 2.24) is 10.6 Å². The van der Waals surface area contributed by atoms with Gasteiger partial charge in [0.25, 0.3) is 0 Å². The molecule has 0 heterocycles. The summed E-state index contributed by atoms with van der Waals surface area (Å²) in [5, 5.41) is 16.2. The first-order valence-electron chi connectivity index (χ1n) is 5.67. The van der Waals surface area contributed by atoms with E-state index in [4.69, 9.17) is 12.2 Å². The second kappa shape index (κ2) is 5.98. The van der Waals surface area contributed by atoms with Crippen molar-refractivity contribution in [2.45, 2.75) is 32.4 Å². The van der Waals surface area contributed by atoms with Crippen LogP contribution in [0, 0.1) is 0 Å². The van der Waals surface area contributed by atoms with Crippen LogP contribution in [0.2, 0.25) is 0 Å². The lowest BCUT2D eigenvalue weighted by Gasteiger charge is -2.26. The van der Waals surface area contributed by atoms with E-state index in [1.807, 2.05) is 51.1 Å². The van der Waals surface area contributed by atoms with E-state index in [1.165, 1.54) is 0 Å². The summed E-state index contributed by atoms with van der Waals surface area (Å²) in [5.74, 6) is 0. The molecule has 3 N–H and O–H groups in total. The Morgan fingerprint density at radius 1 is 1.29 bits per heavy atom. The van der Waals surface area contributed by atoms with Crippen molar-refractivity contribution in [3.05, 3.63) is 35.9 Å². The van der Waals surface area contributed by atoms with Crippen LogP contribution in [-0.4, -0.2) is 22.4 Å². The normalized spacial score (nSPS) is 12.9. The van der Waals surface area contributed by atoms with Crippen molar-refractivity contribution < 1.29 is 5.11 Å². The highest BCUT2D eigenvalue weighted by molar-refractivity contribution is 7.80. The summed E-state index contributed by atoms with van der Waals surface area (Å²) in [7, 11) is 0. The first kappa shape index (κ1) is 13.9. The van der Waals surface area contributed by atoms with E-state index in [0.29, 0.717) is 5.11 Å². The van der Waals surface area contributed by atoms with E-state index in [9.17, 15) is 5.11 Å². The minimum Gasteiger partial charge on any atom is -0.394 e. The van der Waals surface area contributed by atoms with Crippen LogP contribution in [0.3, 0.4) is 0 Å². The van der Waals surface area contributed by atoms with Gasteiger partial charge in [0.2, 0.25) is 0 Å². The van der Waals surface area contributed by atoms with Crippen molar-refractivity contribution in [2.24, 2.45) is 0 Å². The Morgan fingerprint density at radius 3 is 2.35 bits per heavy atom.